The summed E-state index contributed by atoms with van der Waals surface area (Å²) in [7, 11) is 1.18. The Kier molecular flexibility index (Phi) is 7.59. The Hall–Kier alpha value is -2.57. The van der Waals surface area contributed by atoms with Crippen molar-refractivity contribution in [2.45, 2.75) is 32.2 Å². The van der Waals surface area contributed by atoms with Gasteiger partial charge in [0.25, 0.3) is 0 Å². The fourth-order valence-corrected chi connectivity index (χ4v) is 1.97. The van der Waals surface area contributed by atoms with E-state index in [1.807, 2.05) is 12.1 Å². The highest BCUT2D eigenvalue weighted by Crippen LogP contribution is 2.10. The van der Waals surface area contributed by atoms with Crippen LogP contribution in [0.4, 0.5) is 4.79 Å². The zero-order chi connectivity index (χ0) is 17.2. The molecule has 2 N–H and O–H groups in total. The topological polar surface area (TPSA) is 102 Å². The van der Waals surface area contributed by atoms with Crippen LogP contribution in [-0.4, -0.2) is 42.9 Å². The molecular formula is C16H21NO6. The van der Waals surface area contributed by atoms with Crippen LogP contribution in [0.15, 0.2) is 24.3 Å². The van der Waals surface area contributed by atoms with Crippen molar-refractivity contribution < 1.29 is 29.0 Å². The zero-order valence-corrected chi connectivity index (χ0v) is 13.2. The number of amides is 1. The van der Waals surface area contributed by atoms with Crippen LogP contribution < -0.4 is 5.32 Å². The predicted octanol–water partition coefficient (Wildman–Crippen LogP) is 1.53. The number of aliphatic carboxylic acids is 1. The first-order valence-electron chi connectivity index (χ1n) is 7.27. The zero-order valence-electron chi connectivity index (χ0n) is 13.2. The first kappa shape index (κ1) is 18.5. The van der Waals surface area contributed by atoms with Gasteiger partial charge in [-0.1, -0.05) is 24.3 Å². The van der Waals surface area contributed by atoms with E-state index in [0.717, 1.165) is 11.1 Å². The van der Waals surface area contributed by atoms with Crippen LogP contribution in [0.2, 0.25) is 0 Å². The van der Waals surface area contributed by atoms with Crippen molar-refractivity contribution in [2.24, 2.45) is 0 Å². The number of carboxylic acids is 1. The van der Waals surface area contributed by atoms with Gasteiger partial charge in [-0.05, 0) is 30.9 Å². The number of benzene rings is 1. The van der Waals surface area contributed by atoms with Crippen molar-refractivity contribution in [3.05, 3.63) is 35.4 Å². The average molecular weight is 323 g/mol. The Labute approximate surface area is 134 Å². The lowest BCUT2D eigenvalue weighted by Gasteiger charge is -2.13. The van der Waals surface area contributed by atoms with Gasteiger partial charge >= 0.3 is 18.0 Å². The number of hydrogen-bond donors (Lipinski definition) is 2. The lowest BCUT2D eigenvalue weighted by atomic mass is 10.0. The Balaban J connectivity index is 2.55. The average Bonchev–Trinajstić information content (AvgIpc) is 2.52. The van der Waals surface area contributed by atoms with Crippen molar-refractivity contribution in [2.75, 3.05) is 13.7 Å². The smallest absolute Gasteiger partial charge is 0.407 e. The number of carbonyl (C=O) groups excluding carboxylic acids is 2. The molecule has 0 spiro atoms. The van der Waals surface area contributed by atoms with Crippen LogP contribution in [0.3, 0.4) is 0 Å². The molecule has 0 aromatic heterocycles. The second-order valence-electron chi connectivity index (χ2n) is 4.86. The lowest BCUT2D eigenvalue weighted by Crippen LogP contribution is -2.41. The van der Waals surface area contributed by atoms with E-state index in [-0.39, 0.29) is 18.8 Å². The van der Waals surface area contributed by atoms with Crippen LogP contribution in [0.1, 0.15) is 24.5 Å². The van der Waals surface area contributed by atoms with E-state index in [0.29, 0.717) is 13.0 Å². The molecule has 0 aliphatic carbocycles. The molecule has 0 fully saturated rings. The molecule has 0 aliphatic heterocycles. The van der Waals surface area contributed by atoms with Crippen LogP contribution in [0.5, 0.6) is 0 Å². The highest BCUT2D eigenvalue weighted by molar-refractivity contribution is 5.79. The fourth-order valence-electron chi connectivity index (χ4n) is 1.97. The third kappa shape index (κ3) is 6.82. The summed E-state index contributed by atoms with van der Waals surface area (Å²) in [6.07, 6.45) is 0.139. The lowest BCUT2D eigenvalue weighted by molar-refractivity contribution is -0.142. The minimum absolute atomic E-state index is 0.204. The van der Waals surface area contributed by atoms with Gasteiger partial charge in [0.2, 0.25) is 0 Å². The van der Waals surface area contributed by atoms with Crippen molar-refractivity contribution in [3.63, 3.8) is 0 Å². The molecule has 0 saturated carbocycles. The van der Waals surface area contributed by atoms with Crippen molar-refractivity contribution >= 4 is 18.0 Å². The SMILES string of the molecule is CCOC(=O)Cc1ccc(CCC(NC(=O)OC)C(=O)O)cc1. The Bertz CT molecular complexity index is 540. The van der Waals surface area contributed by atoms with E-state index in [1.54, 1.807) is 19.1 Å². The highest BCUT2D eigenvalue weighted by Gasteiger charge is 2.19. The Morgan fingerprint density at radius 2 is 1.78 bits per heavy atom. The van der Waals surface area contributed by atoms with Gasteiger partial charge in [0.05, 0.1) is 20.1 Å². The number of nitrogens with one attached hydrogen (secondary N) is 1. The molecule has 7 heteroatoms. The van der Waals surface area contributed by atoms with Crippen LogP contribution in [0.25, 0.3) is 0 Å². The summed E-state index contributed by atoms with van der Waals surface area (Å²) < 4.78 is 9.27. The summed E-state index contributed by atoms with van der Waals surface area (Å²) in [5.41, 5.74) is 1.74. The molecule has 1 unspecified atom stereocenters. The number of rotatable bonds is 8. The summed E-state index contributed by atoms with van der Waals surface area (Å²) in [4.78, 5) is 33.6. The molecule has 23 heavy (non-hydrogen) atoms. The van der Waals surface area contributed by atoms with Gasteiger partial charge in [0.1, 0.15) is 6.04 Å². The van der Waals surface area contributed by atoms with Gasteiger partial charge in [-0.2, -0.15) is 0 Å². The largest absolute Gasteiger partial charge is 0.480 e. The van der Waals surface area contributed by atoms with E-state index in [1.165, 1.54) is 7.11 Å². The third-order valence-electron chi connectivity index (χ3n) is 3.17. The molecule has 7 nitrogen and oxygen atoms in total. The number of hydrogen-bond acceptors (Lipinski definition) is 5. The molecule has 0 radical (unpaired) electrons. The predicted molar refractivity (Wildman–Crippen MR) is 82.1 cm³/mol. The second-order valence-corrected chi connectivity index (χ2v) is 4.86. The van der Waals surface area contributed by atoms with Crippen molar-refractivity contribution in [1.29, 1.82) is 0 Å². The van der Waals surface area contributed by atoms with E-state index < -0.39 is 18.1 Å². The molecule has 0 aliphatic rings. The van der Waals surface area contributed by atoms with Gasteiger partial charge in [0.15, 0.2) is 0 Å². The molecular weight excluding hydrogens is 302 g/mol. The van der Waals surface area contributed by atoms with E-state index in [4.69, 9.17) is 9.84 Å². The molecule has 0 heterocycles. The minimum Gasteiger partial charge on any atom is -0.480 e. The Morgan fingerprint density at radius 3 is 2.30 bits per heavy atom. The molecule has 0 bridgehead atoms. The van der Waals surface area contributed by atoms with Crippen LogP contribution in [-0.2, 0) is 31.9 Å². The maximum atomic E-state index is 11.4. The number of methoxy groups -OCH3 is 1. The maximum Gasteiger partial charge on any atom is 0.407 e. The first-order valence-corrected chi connectivity index (χ1v) is 7.27. The van der Waals surface area contributed by atoms with E-state index in [9.17, 15) is 14.4 Å². The van der Waals surface area contributed by atoms with Gasteiger partial charge in [0, 0.05) is 0 Å². The maximum absolute atomic E-state index is 11.4. The van der Waals surface area contributed by atoms with Crippen LogP contribution >= 0.6 is 0 Å². The van der Waals surface area contributed by atoms with Gasteiger partial charge in [-0.25, -0.2) is 9.59 Å². The monoisotopic (exact) mass is 323 g/mol. The summed E-state index contributed by atoms with van der Waals surface area (Å²) in [6, 6.07) is 6.24. The molecule has 1 aromatic carbocycles. The van der Waals surface area contributed by atoms with E-state index >= 15 is 0 Å². The van der Waals surface area contributed by atoms with Gasteiger partial charge in [-0.3, -0.25) is 4.79 Å². The fraction of sp³-hybridized carbons (Fsp3) is 0.438. The molecule has 1 aromatic rings. The minimum atomic E-state index is -1.12. The standard InChI is InChI=1S/C16H21NO6/c1-3-23-14(18)10-12-6-4-11(5-7-12)8-9-13(15(19)20)17-16(21)22-2/h4-7,13H,3,8-10H2,1-2H3,(H,17,21)(H,19,20). The Morgan fingerprint density at radius 1 is 1.17 bits per heavy atom. The number of carbonyl (C=O) groups is 3. The quantitative estimate of drug-likeness (QED) is 0.704. The number of alkyl carbamates (subject to hydrolysis) is 1. The van der Waals surface area contributed by atoms with Gasteiger partial charge in [-0.15, -0.1) is 0 Å². The number of aryl methyl sites for hydroxylation is 1. The number of esters is 1. The molecule has 1 rings (SSSR count). The third-order valence-corrected chi connectivity index (χ3v) is 3.17. The summed E-state index contributed by atoms with van der Waals surface area (Å²) in [6.45, 7) is 2.10. The summed E-state index contributed by atoms with van der Waals surface area (Å²) in [5.74, 6) is -1.40. The molecule has 1 amide bonds. The second kappa shape index (κ2) is 9.45. The van der Waals surface area contributed by atoms with E-state index in [2.05, 4.69) is 10.1 Å². The summed E-state index contributed by atoms with van der Waals surface area (Å²) in [5, 5.41) is 11.3. The highest BCUT2D eigenvalue weighted by atomic mass is 16.5. The number of ether oxygens (including phenoxy) is 2. The normalized spacial score (nSPS) is 11.4. The van der Waals surface area contributed by atoms with Crippen molar-refractivity contribution in [1.82, 2.24) is 5.32 Å². The molecule has 0 saturated heterocycles. The molecule has 1 atom stereocenters. The summed E-state index contributed by atoms with van der Waals surface area (Å²) >= 11 is 0. The molecule has 126 valence electrons. The first-order chi connectivity index (χ1) is 11.0. The van der Waals surface area contributed by atoms with Crippen molar-refractivity contribution in [3.8, 4) is 0 Å². The number of carboxylic acid groups (broad SMARTS) is 1. The van der Waals surface area contributed by atoms with Gasteiger partial charge < -0.3 is 19.9 Å². The van der Waals surface area contributed by atoms with Crippen LogP contribution in [0, 0.1) is 0 Å².